The average Bonchev–Trinajstić information content (AvgIpc) is 3.00. The molecule has 6 nitrogen and oxygen atoms in total. The minimum absolute atomic E-state index is 0.00458. The summed E-state index contributed by atoms with van der Waals surface area (Å²) < 4.78 is 5.28. The van der Waals surface area contributed by atoms with E-state index in [-0.39, 0.29) is 24.0 Å². The number of rotatable bonds is 6. The fourth-order valence-corrected chi connectivity index (χ4v) is 3.11. The number of halogens is 1. The maximum Gasteiger partial charge on any atom is 0.323 e. The second kappa shape index (κ2) is 7.80. The van der Waals surface area contributed by atoms with Crippen molar-refractivity contribution in [2.75, 3.05) is 6.61 Å². The molecular formula is C20H19ClN2O4. The van der Waals surface area contributed by atoms with Gasteiger partial charge in [0.15, 0.2) is 12.4 Å². The maximum atomic E-state index is 12.6. The smallest absolute Gasteiger partial charge is 0.323 e. The number of ether oxygens (including phenoxy) is 1. The first-order chi connectivity index (χ1) is 12.8. The summed E-state index contributed by atoms with van der Waals surface area (Å²) in [7, 11) is 0. The maximum absolute atomic E-state index is 12.6. The Morgan fingerprint density at radius 3 is 2.37 bits per heavy atom. The third-order valence-electron chi connectivity index (χ3n) is 4.33. The number of hydrogen-bond donors (Lipinski definition) is 2. The van der Waals surface area contributed by atoms with Crippen LogP contribution in [0.1, 0.15) is 35.7 Å². The molecule has 0 aliphatic carbocycles. The van der Waals surface area contributed by atoms with Crippen molar-refractivity contribution >= 4 is 34.4 Å². The minimum atomic E-state index is -0.487. The zero-order valence-corrected chi connectivity index (χ0v) is 15.7. The standard InChI is InChI=1S/C20H19ClN2O4/c1-11(2)18(12-3-6-14(21)7-4-12)19(25)27-10-17(24)13-5-8-15-16(9-13)23-20(26)22-15/h3-9,11,18H,10H2,1-2H3,(H2,22,23,26)/t18-/m0/s1. The van der Waals surface area contributed by atoms with E-state index in [2.05, 4.69) is 9.97 Å². The van der Waals surface area contributed by atoms with Crippen LogP contribution in [0.2, 0.25) is 5.02 Å². The van der Waals surface area contributed by atoms with E-state index in [1.165, 1.54) is 0 Å². The van der Waals surface area contributed by atoms with Gasteiger partial charge in [0, 0.05) is 10.6 Å². The molecule has 0 aliphatic rings. The highest BCUT2D eigenvalue weighted by Gasteiger charge is 2.26. The number of imidazole rings is 1. The van der Waals surface area contributed by atoms with E-state index < -0.39 is 11.9 Å². The van der Waals surface area contributed by atoms with Crippen LogP contribution < -0.4 is 5.69 Å². The van der Waals surface area contributed by atoms with Crippen LogP contribution in [-0.2, 0) is 9.53 Å². The predicted octanol–water partition coefficient (Wildman–Crippen LogP) is 3.68. The first-order valence-electron chi connectivity index (χ1n) is 8.52. The molecule has 0 unspecified atom stereocenters. The van der Waals surface area contributed by atoms with Gasteiger partial charge in [0.05, 0.1) is 17.0 Å². The van der Waals surface area contributed by atoms with Crippen LogP contribution in [0, 0.1) is 5.92 Å². The van der Waals surface area contributed by atoms with Gasteiger partial charge in [-0.2, -0.15) is 0 Å². The summed E-state index contributed by atoms with van der Waals surface area (Å²) in [6, 6.07) is 11.8. The Hall–Kier alpha value is -2.86. The van der Waals surface area contributed by atoms with Gasteiger partial charge in [0.2, 0.25) is 0 Å². The van der Waals surface area contributed by atoms with Crippen LogP contribution in [0.3, 0.4) is 0 Å². The highest BCUT2D eigenvalue weighted by atomic mass is 35.5. The second-order valence-electron chi connectivity index (χ2n) is 6.64. The number of Topliss-reactive ketones (excluding diaryl/α,β-unsaturated/α-hetero) is 1. The largest absolute Gasteiger partial charge is 0.457 e. The summed E-state index contributed by atoms with van der Waals surface area (Å²) in [4.78, 5) is 41.4. The summed E-state index contributed by atoms with van der Waals surface area (Å²) in [5.74, 6) is -1.30. The first-order valence-corrected chi connectivity index (χ1v) is 8.90. The quantitative estimate of drug-likeness (QED) is 0.499. The van der Waals surface area contributed by atoms with E-state index >= 15 is 0 Å². The minimum Gasteiger partial charge on any atom is -0.457 e. The fourth-order valence-electron chi connectivity index (χ4n) is 2.98. The Balaban J connectivity index is 1.71. The predicted molar refractivity (Wildman–Crippen MR) is 103 cm³/mol. The van der Waals surface area contributed by atoms with Crippen molar-refractivity contribution in [3.63, 3.8) is 0 Å². The van der Waals surface area contributed by atoms with E-state index in [4.69, 9.17) is 16.3 Å². The van der Waals surface area contributed by atoms with Crippen LogP contribution in [0.25, 0.3) is 11.0 Å². The lowest BCUT2D eigenvalue weighted by Gasteiger charge is -2.19. The Morgan fingerprint density at radius 2 is 1.70 bits per heavy atom. The molecule has 0 saturated heterocycles. The molecule has 2 N–H and O–H groups in total. The molecular weight excluding hydrogens is 368 g/mol. The van der Waals surface area contributed by atoms with Crippen LogP contribution >= 0.6 is 11.6 Å². The van der Waals surface area contributed by atoms with Gasteiger partial charge in [0.1, 0.15) is 0 Å². The third-order valence-corrected chi connectivity index (χ3v) is 4.59. The van der Waals surface area contributed by atoms with Gasteiger partial charge in [-0.1, -0.05) is 37.6 Å². The lowest BCUT2D eigenvalue weighted by atomic mass is 9.88. The monoisotopic (exact) mass is 386 g/mol. The molecule has 1 atom stereocenters. The van der Waals surface area contributed by atoms with E-state index in [1.54, 1.807) is 42.5 Å². The molecule has 1 aromatic heterocycles. The Kier molecular flexibility index (Phi) is 5.46. The van der Waals surface area contributed by atoms with Gasteiger partial charge in [-0.15, -0.1) is 0 Å². The van der Waals surface area contributed by atoms with Crippen molar-refractivity contribution in [1.29, 1.82) is 0 Å². The van der Waals surface area contributed by atoms with Crippen molar-refractivity contribution in [3.8, 4) is 0 Å². The van der Waals surface area contributed by atoms with Crippen LogP contribution in [0.5, 0.6) is 0 Å². The lowest BCUT2D eigenvalue weighted by molar-refractivity contribution is -0.145. The molecule has 7 heteroatoms. The number of carbonyl (C=O) groups excluding carboxylic acids is 2. The summed E-state index contributed by atoms with van der Waals surface area (Å²) in [6.45, 7) is 3.47. The highest BCUT2D eigenvalue weighted by molar-refractivity contribution is 6.30. The molecule has 0 amide bonds. The van der Waals surface area contributed by atoms with Crippen LogP contribution in [0.15, 0.2) is 47.3 Å². The van der Waals surface area contributed by atoms with E-state index in [0.29, 0.717) is 21.6 Å². The Bertz CT molecular complexity index is 1030. The number of carbonyl (C=O) groups is 2. The Labute approximate surface area is 160 Å². The number of aromatic nitrogens is 2. The van der Waals surface area contributed by atoms with Crippen molar-refractivity contribution in [1.82, 2.24) is 9.97 Å². The summed E-state index contributed by atoms with van der Waals surface area (Å²) in [5.41, 5.74) is 1.94. The molecule has 0 aliphatic heterocycles. The van der Waals surface area contributed by atoms with E-state index in [1.807, 2.05) is 13.8 Å². The second-order valence-corrected chi connectivity index (χ2v) is 7.08. The zero-order chi connectivity index (χ0) is 19.6. The molecule has 1 heterocycles. The molecule has 2 aromatic carbocycles. The molecule has 140 valence electrons. The van der Waals surface area contributed by atoms with Crippen molar-refractivity contribution in [2.24, 2.45) is 5.92 Å². The number of aromatic amines is 2. The molecule has 0 radical (unpaired) electrons. The summed E-state index contributed by atoms with van der Waals surface area (Å²) in [6.07, 6.45) is 0. The third kappa shape index (κ3) is 4.28. The lowest BCUT2D eigenvalue weighted by Crippen LogP contribution is -2.23. The summed E-state index contributed by atoms with van der Waals surface area (Å²) in [5, 5.41) is 0.586. The molecule has 3 aromatic rings. The SMILES string of the molecule is CC(C)[C@H](C(=O)OCC(=O)c1ccc2[nH]c(=O)[nH]c2c1)c1ccc(Cl)cc1. The number of esters is 1. The van der Waals surface area contributed by atoms with Gasteiger partial charge in [-0.05, 0) is 41.8 Å². The highest BCUT2D eigenvalue weighted by Crippen LogP contribution is 2.27. The van der Waals surface area contributed by atoms with Gasteiger partial charge >= 0.3 is 11.7 Å². The number of H-pyrrole nitrogens is 2. The molecule has 0 fully saturated rings. The number of ketones is 1. The van der Waals surface area contributed by atoms with Crippen molar-refractivity contribution in [2.45, 2.75) is 19.8 Å². The van der Waals surface area contributed by atoms with Gasteiger partial charge in [0.25, 0.3) is 0 Å². The molecule has 27 heavy (non-hydrogen) atoms. The summed E-state index contributed by atoms with van der Waals surface area (Å²) >= 11 is 5.90. The van der Waals surface area contributed by atoms with Crippen LogP contribution in [0.4, 0.5) is 0 Å². The van der Waals surface area contributed by atoms with Crippen molar-refractivity contribution in [3.05, 3.63) is 69.1 Å². The zero-order valence-electron chi connectivity index (χ0n) is 14.9. The molecule has 0 saturated carbocycles. The number of benzene rings is 2. The van der Waals surface area contributed by atoms with Crippen LogP contribution in [-0.4, -0.2) is 28.3 Å². The fraction of sp³-hybridized carbons (Fsp3) is 0.250. The van der Waals surface area contributed by atoms with Gasteiger partial charge < -0.3 is 14.7 Å². The molecule has 0 bridgehead atoms. The van der Waals surface area contributed by atoms with Gasteiger partial charge in [-0.3, -0.25) is 9.59 Å². The Morgan fingerprint density at radius 1 is 1.04 bits per heavy atom. The van der Waals surface area contributed by atoms with E-state index in [9.17, 15) is 14.4 Å². The number of fused-ring (bicyclic) bond motifs is 1. The first kappa shape index (κ1) is 18.9. The average molecular weight is 387 g/mol. The molecule has 3 rings (SSSR count). The molecule has 0 spiro atoms. The topological polar surface area (TPSA) is 92.0 Å². The van der Waals surface area contributed by atoms with E-state index in [0.717, 1.165) is 5.56 Å². The van der Waals surface area contributed by atoms with Gasteiger partial charge in [-0.25, -0.2) is 4.79 Å². The number of hydrogen-bond acceptors (Lipinski definition) is 4. The number of nitrogens with one attached hydrogen (secondary N) is 2. The normalized spacial score (nSPS) is 12.3. The van der Waals surface area contributed by atoms with Crippen molar-refractivity contribution < 1.29 is 14.3 Å².